The summed E-state index contributed by atoms with van der Waals surface area (Å²) in [4.78, 5) is 30.0. The lowest BCUT2D eigenvalue weighted by molar-refractivity contribution is -0.140. The summed E-state index contributed by atoms with van der Waals surface area (Å²) in [5, 5.41) is 2.00. The van der Waals surface area contributed by atoms with Crippen LogP contribution in [0, 0.1) is 5.92 Å². The fourth-order valence-corrected chi connectivity index (χ4v) is 4.32. The molecule has 2 heterocycles. The van der Waals surface area contributed by atoms with Crippen LogP contribution in [0.1, 0.15) is 22.8 Å². The molecule has 0 radical (unpaired) electrons. The molecule has 1 aliphatic carbocycles. The van der Waals surface area contributed by atoms with Gasteiger partial charge in [0.25, 0.3) is 0 Å². The highest BCUT2D eigenvalue weighted by Crippen LogP contribution is 2.48. The first kappa shape index (κ1) is 16.3. The van der Waals surface area contributed by atoms with E-state index >= 15 is 0 Å². The number of benzene rings is 1. The zero-order valence-electron chi connectivity index (χ0n) is 14.1. The molecule has 2 amide bonds. The van der Waals surface area contributed by atoms with Crippen molar-refractivity contribution in [3.8, 4) is 0 Å². The minimum absolute atomic E-state index is 0.135. The first-order valence-corrected chi connectivity index (χ1v) is 9.74. The Morgan fingerprint density at radius 1 is 0.960 bits per heavy atom. The molecule has 2 unspecified atom stereocenters. The van der Waals surface area contributed by atoms with Gasteiger partial charge in [-0.3, -0.25) is 9.59 Å². The average molecular weight is 354 g/mol. The molecular weight excluding hydrogens is 332 g/mol. The molecule has 2 fully saturated rings. The van der Waals surface area contributed by atoms with Crippen LogP contribution in [0.3, 0.4) is 0 Å². The minimum atomic E-state index is 0.135. The topological polar surface area (TPSA) is 40.6 Å². The summed E-state index contributed by atoms with van der Waals surface area (Å²) in [7, 11) is 0. The molecule has 1 aromatic carbocycles. The number of rotatable bonds is 4. The molecule has 130 valence electrons. The summed E-state index contributed by atoms with van der Waals surface area (Å²) >= 11 is 1.62. The van der Waals surface area contributed by atoms with E-state index in [9.17, 15) is 9.59 Å². The van der Waals surface area contributed by atoms with Crippen molar-refractivity contribution in [1.29, 1.82) is 0 Å². The van der Waals surface area contributed by atoms with E-state index in [0.717, 1.165) is 11.3 Å². The molecule has 5 heteroatoms. The Balaban J connectivity index is 1.27. The number of hydrogen-bond donors (Lipinski definition) is 0. The van der Waals surface area contributed by atoms with Gasteiger partial charge in [-0.25, -0.2) is 0 Å². The van der Waals surface area contributed by atoms with Gasteiger partial charge in [0.05, 0.1) is 6.42 Å². The van der Waals surface area contributed by atoms with E-state index in [2.05, 4.69) is 12.1 Å². The SMILES string of the molecule is O=C(Cc1cccs1)N1CCN(C(=O)C2CC2c2ccccc2)CC1. The van der Waals surface area contributed by atoms with Gasteiger partial charge in [0, 0.05) is 37.0 Å². The highest BCUT2D eigenvalue weighted by molar-refractivity contribution is 7.10. The standard InChI is InChI=1S/C20H22N2O2S/c23-19(13-16-7-4-12-25-16)21-8-10-22(11-9-21)20(24)18-14-17(18)15-5-2-1-3-6-15/h1-7,12,17-18H,8-11,13-14H2. The average Bonchev–Trinajstić information content (AvgIpc) is 3.30. The maximum absolute atomic E-state index is 12.7. The second-order valence-electron chi connectivity index (χ2n) is 6.82. The number of carbonyl (C=O) groups excluding carboxylic acids is 2. The van der Waals surface area contributed by atoms with Crippen molar-refractivity contribution in [2.24, 2.45) is 5.92 Å². The molecular formula is C20H22N2O2S. The van der Waals surface area contributed by atoms with Crippen LogP contribution in [-0.4, -0.2) is 47.8 Å². The van der Waals surface area contributed by atoms with Crippen LogP contribution in [0.15, 0.2) is 47.8 Å². The molecule has 2 atom stereocenters. The summed E-state index contributed by atoms with van der Waals surface area (Å²) in [6.07, 6.45) is 1.44. The third-order valence-corrected chi connectivity index (χ3v) is 6.06. The summed E-state index contributed by atoms with van der Waals surface area (Å²) in [6.45, 7) is 2.62. The van der Waals surface area contributed by atoms with Crippen LogP contribution in [0.25, 0.3) is 0 Å². The van der Waals surface area contributed by atoms with Crippen molar-refractivity contribution >= 4 is 23.2 Å². The van der Waals surface area contributed by atoms with Gasteiger partial charge in [0.2, 0.25) is 11.8 Å². The van der Waals surface area contributed by atoms with E-state index < -0.39 is 0 Å². The Morgan fingerprint density at radius 3 is 2.36 bits per heavy atom. The summed E-state index contributed by atoms with van der Waals surface area (Å²) in [5.41, 5.74) is 1.27. The predicted molar refractivity (Wildman–Crippen MR) is 98.5 cm³/mol. The lowest BCUT2D eigenvalue weighted by atomic mass is 10.1. The molecule has 1 aromatic heterocycles. The third kappa shape index (κ3) is 3.61. The smallest absolute Gasteiger partial charge is 0.227 e. The largest absolute Gasteiger partial charge is 0.339 e. The first-order chi connectivity index (χ1) is 12.2. The van der Waals surface area contributed by atoms with Crippen molar-refractivity contribution in [1.82, 2.24) is 9.80 Å². The molecule has 2 aliphatic rings. The fourth-order valence-electron chi connectivity index (χ4n) is 3.62. The number of thiophene rings is 1. The van der Waals surface area contributed by atoms with Crippen LogP contribution in [0.5, 0.6) is 0 Å². The molecule has 2 aromatic rings. The quantitative estimate of drug-likeness (QED) is 0.847. The van der Waals surface area contributed by atoms with E-state index in [1.807, 2.05) is 45.5 Å². The van der Waals surface area contributed by atoms with Gasteiger partial charge >= 0.3 is 0 Å². The van der Waals surface area contributed by atoms with Gasteiger partial charge in [-0.15, -0.1) is 11.3 Å². The molecule has 1 saturated heterocycles. The highest BCUT2D eigenvalue weighted by Gasteiger charge is 2.46. The predicted octanol–water partition coefficient (Wildman–Crippen LogP) is 2.77. The lowest BCUT2D eigenvalue weighted by Crippen LogP contribution is -2.51. The number of piperazine rings is 1. The maximum atomic E-state index is 12.7. The third-order valence-electron chi connectivity index (χ3n) is 5.18. The molecule has 0 spiro atoms. The second kappa shape index (κ2) is 7.00. The first-order valence-electron chi connectivity index (χ1n) is 8.86. The lowest BCUT2D eigenvalue weighted by Gasteiger charge is -2.35. The Hall–Kier alpha value is -2.14. The Morgan fingerprint density at radius 2 is 1.68 bits per heavy atom. The molecule has 0 bridgehead atoms. The molecule has 1 saturated carbocycles. The number of amides is 2. The Labute approximate surface area is 152 Å². The zero-order chi connectivity index (χ0) is 17.2. The van der Waals surface area contributed by atoms with Crippen molar-refractivity contribution < 1.29 is 9.59 Å². The van der Waals surface area contributed by atoms with E-state index in [0.29, 0.717) is 38.5 Å². The summed E-state index contributed by atoms with van der Waals surface area (Å²) in [6, 6.07) is 14.3. The van der Waals surface area contributed by atoms with Crippen LogP contribution in [-0.2, 0) is 16.0 Å². The van der Waals surface area contributed by atoms with E-state index in [1.165, 1.54) is 5.56 Å². The van der Waals surface area contributed by atoms with Crippen LogP contribution >= 0.6 is 11.3 Å². The second-order valence-corrected chi connectivity index (χ2v) is 7.85. The molecule has 4 rings (SSSR count). The van der Waals surface area contributed by atoms with Crippen molar-refractivity contribution in [3.63, 3.8) is 0 Å². The Kier molecular flexibility index (Phi) is 4.57. The number of hydrogen-bond acceptors (Lipinski definition) is 3. The maximum Gasteiger partial charge on any atom is 0.227 e. The van der Waals surface area contributed by atoms with Crippen LogP contribution in [0.2, 0.25) is 0 Å². The van der Waals surface area contributed by atoms with Crippen LogP contribution < -0.4 is 0 Å². The van der Waals surface area contributed by atoms with Crippen molar-refractivity contribution in [2.45, 2.75) is 18.8 Å². The van der Waals surface area contributed by atoms with E-state index in [1.54, 1.807) is 11.3 Å². The molecule has 0 N–H and O–H groups in total. The van der Waals surface area contributed by atoms with Gasteiger partial charge in [-0.1, -0.05) is 36.4 Å². The van der Waals surface area contributed by atoms with E-state index in [4.69, 9.17) is 0 Å². The monoisotopic (exact) mass is 354 g/mol. The van der Waals surface area contributed by atoms with Crippen LogP contribution in [0.4, 0.5) is 0 Å². The minimum Gasteiger partial charge on any atom is -0.339 e. The number of carbonyl (C=O) groups is 2. The fraction of sp³-hybridized carbons (Fsp3) is 0.400. The van der Waals surface area contributed by atoms with Crippen molar-refractivity contribution in [3.05, 3.63) is 58.3 Å². The van der Waals surface area contributed by atoms with Gasteiger partial charge in [0.1, 0.15) is 0 Å². The van der Waals surface area contributed by atoms with Gasteiger partial charge in [-0.05, 0) is 29.3 Å². The summed E-state index contributed by atoms with van der Waals surface area (Å²) in [5.74, 6) is 0.949. The normalized spacial score (nSPS) is 22.7. The van der Waals surface area contributed by atoms with Gasteiger partial charge in [0.15, 0.2) is 0 Å². The molecule has 4 nitrogen and oxygen atoms in total. The highest BCUT2D eigenvalue weighted by atomic mass is 32.1. The summed E-state index contributed by atoms with van der Waals surface area (Å²) < 4.78 is 0. The van der Waals surface area contributed by atoms with Gasteiger partial charge in [-0.2, -0.15) is 0 Å². The molecule has 1 aliphatic heterocycles. The number of nitrogens with zero attached hydrogens (tertiary/aromatic N) is 2. The van der Waals surface area contributed by atoms with Crippen molar-refractivity contribution in [2.75, 3.05) is 26.2 Å². The Bertz CT molecular complexity index is 736. The van der Waals surface area contributed by atoms with Gasteiger partial charge < -0.3 is 9.80 Å². The van der Waals surface area contributed by atoms with E-state index in [-0.39, 0.29) is 17.7 Å². The molecule has 25 heavy (non-hydrogen) atoms. The zero-order valence-corrected chi connectivity index (χ0v) is 15.0.